The number of carbonyl (C=O) groups is 1. The van der Waals surface area contributed by atoms with Gasteiger partial charge in [0, 0.05) is 30.3 Å². The van der Waals surface area contributed by atoms with Crippen LogP contribution in [0.25, 0.3) is 22.3 Å². The fourth-order valence-corrected chi connectivity index (χ4v) is 3.42. The molecule has 4 aromatic rings. The summed E-state index contributed by atoms with van der Waals surface area (Å²) in [6.07, 6.45) is -4.54. The van der Waals surface area contributed by atoms with Crippen LogP contribution >= 0.6 is 0 Å². The lowest BCUT2D eigenvalue weighted by Gasteiger charge is -2.13. The molecule has 6 nitrogen and oxygen atoms in total. The third kappa shape index (κ3) is 5.03. The maximum Gasteiger partial charge on any atom is 0.416 e. The zero-order valence-electron chi connectivity index (χ0n) is 17.6. The largest absolute Gasteiger partial charge is 0.507 e. The molecule has 3 aromatic carbocycles. The molecule has 0 fully saturated rings. The minimum absolute atomic E-state index is 0.0414. The third-order valence-electron chi connectivity index (χ3n) is 5.01. The van der Waals surface area contributed by atoms with Crippen molar-refractivity contribution in [1.82, 2.24) is 5.32 Å². The van der Waals surface area contributed by atoms with Gasteiger partial charge in [0.15, 0.2) is 12.0 Å². The summed E-state index contributed by atoms with van der Waals surface area (Å²) in [5.74, 6) is -0.726. The SMILES string of the molecule is O=C(COc1cc(O)c2c(=O)cc(-c3ccccc3)oc2c1)NCc1ccccc1C(F)(F)F. The second kappa shape index (κ2) is 9.30. The van der Waals surface area contributed by atoms with Crippen LogP contribution in [0.2, 0.25) is 0 Å². The average Bonchev–Trinajstić information content (AvgIpc) is 2.81. The smallest absolute Gasteiger partial charge is 0.416 e. The first-order valence-electron chi connectivity index (χ1n) is 10.1. The van der Waals surface area contributed by atoms with E-state index >= 15 is 0 Å². The Morgan fingerprint density at radius 2 is 1.71 bits per heavy atom. The Labute approximate surface area is 191 Å². The average molecular weight is 469 g/mol. The van der Waals surface area contributed by atoms with Crippen LogP contribution in [0.4, 0.5) is 13.2 Å². The van der Waals surface area contributed by atoms with E-state index in [0.29, 0.717) is 5.56 Å². The topological polar surface area (TPSA) is 88.8 Å². The Balaban J connectivity index is 1.48. The Bertz CT molecular complexity index is 1400. The highest BCUT2D eigenvalue weighted by Gasteiger charge is 2.32. The van der Waals surface area contributed by atoms with E-state index in [1.807, 2.05) is 6.07 Å². The number of amides is 1. The van der Waals surface area contributed by atoms with Crippen LogP contribution in [0, 0.1) is 0 Å². The summed E-state index contributed by atoms with van der Waals surface area (Å²) in [6.45, 7) is -0.863. The van der Waals surface area contributed by atoms with Crippen LogP contribution in [-0.2, 0) is 17.5 Å². The van der Waals surface area contributed by atoms with Gasteiger partial charge in [-0.15, -0.1) is 0 Å². The molecule has 9 heteroatoms. The van der Waals surface area contributed by atoms with Crippen molar-refractivity contribution in [2.75, 3.05) is 6.61 Å². The van der Waals surface area contributed by atoms with E-state index in [4.69, 9.17) is 9.15 Å². The zero-order valence-corrected chi connectivity index (χ0v) is 17.6. The number of rotatable bonds is 6. The van der Waals surface area contributed by atoms with E-state index in [-0.39, 0.29) is 40.3 Å². The number of ether oxygens (including phenoxy) is 1. The lowest BCUT2D eigenvalue weighted by atomic mass is 10.1. The number of aromatic hydroxyl groups is 1. The standard InChI is InChI=1S/C25H18F3NO5/c26-25(27,28)18-9-5-4-8-16(18)13-29-23(32)14-33-17-10-19(30)24-20(31)12-21(34-22(24)11-17)15-6-2-1-3-7-15/h1-12,30H,13-14H2,(H,29,32). The quantitative estimate of drug-likeness (QED) is 0.420. The number of alkyl halides is 3. The van der Waals surface area contributed by atoms with Crippen molar-refractivity contribution in [3.63, 3.8) is 0 Å². The summed E-state index contributed by atoms with van der Waals surface area (Å²) in [6, 6.07) is 17.6. The number of halogens is 3. The van der Waals surface area contributed by atoms with Gasteiger partial charge < -0.3 is 19.6 Å². The molecule has 0 unspecified atom stereocenters. The normalized spacial score (nSPS) is 11.4. The lowest BCUT2D eigenvalue weighted by molar-refractivity contribution is -0.138. The van der Waals surface area contributed by atoms with E-state index < -0.39 is 29.7 Å². The fourth-order valence-electron chi connectivity index (χ4n) is 3.42. The highest BCUT2D eigenvalue weighted by atomic mass is 19.4. The second-order valence-electron chi connectivity index (χ2n) is 7.38. The van der Waals surface area contributed by atoms with E-state index in [0.717, 1.165) is 12.1 Å². The van der Waals surface area contributed by atoms with Gasteiger partial charge in [-0.2, -0.15) is 13.2 Å². The van der Waals surface area contributed by atoms with Gasteiger partial charge in [-0.1, -0.05) is 48.5 Å². The molecule has 1 aromatic heterocycles. The van der Waals surface area contributed by atoms with Gasteiger partial charge >= 0.3 is 6.18 Å². The third-order valence-corrected chi connectivity index (χ3v) is 5.01. The van der Waals surface area contributed by atoms with Crippen molar-refractivity contribution in [1.29, 1.82) is 0 Å². The molecule has 0 saturated carbocycles. The molecule has 0 aliphatic carbocycles. The molecule has 0 aliphatic rings. The van der Waals surface area contributed by atoms with Gasteiger partial charge in [-0.3, -0.25) is 9.59 Å². The maximum absolute atomic E-state index is 13.1. The number of hydrogen-bond acceptors (Lipinski definition) is 5. The summed E-state index contributed by atoms with van der Waals surface area (Å²) in [5.41, 5.74) is -0.654. The second-order valence-corrected chi connectivity index (χ2v) is 7.38. The van der Waals surface area contributed by atoms with Crippen LogP contribution in [0.5, 0.6) is 11.5 Å². The first kappa shape index (κ1) is 22.9. The molecule has 0 atom stereocenters. The number of phenolic OH excluding ortho intramolecular Hbond substituents is 1. The molecule has 1 amide bonds. The van der Waals surface area contributed by atoms with Crippen molar-refractivity contribution < 1.29 is 32.2 Å². The van der Waals surface area contributed by atoms with Gasteiger partial charge in [0.2, 0.25) is 0 Å². The summed E-state index contributed by atoms with van der Waals surface area (Å²) in [7, 11) is 0. The van der Waals surface area contributed by atoms with E-state index in [1.165, 1.54) is 30.3 Å². The number of nitrogens with one attached hydrogen (secondary N) is 1. The van der Waals surface area contributed by atoms with Gasteiger partial charge in [0.05, 0.1) is 5.56 Å². The number of carbonyl (C=O) groups excluding carboxylic acids is 1. The summed E-state index contributed by atoms with van der Waals surface area (Å²) in [4.78, 5) is 24.6. The van der Waals surface area contributed by atoms with E-state index in [9.17, 15) is 27.9 Å². The minimum Gasteiger partial charge on any atom is -0.507 e. The molecule has 4 rings (SSSR count). The number of benzene rings is 3. The molecule has 0 spiro atoms. The van der Waals surface area contributed by atoms with E-state index in [1.54, 1.807) is 24.3 Å². The molecule has 0 aliphatic heterocycles. The van der Waals surface area contributed by atoms with Crippen molar-refractivity contribution in [2.24, 2.45) is 0 Å². The molecule has 0 radical (unpaired) electrons. The Morgan fingerprint density at radius 3 is 2.44 bits per heavy atom. The first-order valence-corrected chi connectivity index (χ1v) is 10.1. The van der Waals surface area contributed by atoms with Gasteiger partial charge in [-0.25, -0.2) is 0 Å². The summed E-state index contributed by atoms with van der Waals surface area (Å²) in [5, 5.41) is 12.6. The fraction of sp³-hybridized carbons (Fsp3) is 0.120. The Kier molecular flexibility index (Phi) is 6.27. The van der Waals surface area contributed by atoms with E-state index in [2.05, 4.69) is 5.32 Å². The van der Waals surface area contributed by atoms with Crippen LogP contribution in [0.3, 0.4) is 0 Å². The van der Waals surface area contributed by atoms with Crippen LogP contribution in [0.1, 0.15) is 11.1 Å². The van der Waals surface area contributed by atoms with Gasteiger partial charge in [-0.05, 0) is 11.6 Å². The number of fused-ring (bicyclic) bond motifs is 1. The Morgan fingerprint density at radius 1 is 1.00 bits per heavy atom. The van der Waals surface area contributed by atoms with Gasteiger partial charge in [0.1, 0.15) is 28.2 Å². The lowest BCUT2D eigenvalue weighted by Crippen LogP contribution is -2.29. The molecule has 1 heterocycles. The number of phenols is 1. The molecule has 174 valence electrons. The van der Waals surface area contributed by atoms with Crippen molar-refractivity contribution in [3.8, 4) is 22.8 Å². The molecule has 34 heavy (non-hydrogen) atoms. The predicted octanol–water partition coefficient (Wildman–Crippen LogP) is 4.88. The van der Waals surface area contributed by atoms with Crippen LogP contribution < -0.4 is 15.5 Å². The monoisotopic (exact) mass is 469 g/mol. The van der Waals surface area contributed by atoms with Crippen LogP contribution in [-0.4, -0.2) is 17.6 Å². The Hall–Kier alpha value is -4.27. The molecule has 0 bridgehead atoms. The number of hydrogen-bond donors (Lipinski definition) is 2. The molecular weight excluding hydrogens is 451 g/mol. The minimum atomic E-state index is -4.54. The van der Waals surface area contributed by atoms with Crippen molar-refractivity contribution in [3.05, 3.63) is 94.1 Å². The highest BCUT2D eigenvalue weighted by Crippen LogP contribution is 2.32. The predicted molar refractivity (Wildman–Crippen MR) is 118 cm³/mol. The zero-order chi connectivity index (χ0) is 24.3. The molecule has 2 N–H and O–H groups in total. The van der Waals surface area contributed by atoms with Crippen LogP contribution in [0.15, 0.2) is 82.0 Å². The van der Waals surface area contributed by atoms with Crippen molar-refractivity contribution >= 4 is 16.9 Å². The highest BCUT2D eigenvalue weighted by molar-refractivity contribution is 5.86. The maximum atomic E-state index is 13.1. The molecule has 0 saturated heterocycles. The summed E-state index contributed by atoms with van der Waals surface area (Å²) >= 11 is 0. The summed E-state index contributed by atoms with van der Waals surface area (Å²) < 4.78 is 50.4. The van der Waals surface area contributed by atoms with Gasteiger partial charge in [0.25, 0.3) is 5.91 Å². The van der Waals surface area contributed by atoms with Crippen molar-refractivity contribution in [2.45, 2.75) is 12.7 Å². The molecular formula is C25H18F3NO5. The first-order chi connectivity index (χ1) is 16.2.